The summed E-state index contributed by atoms with van der Waals surface area (Å²) in [5.74, 6) is 0. The largest absolute Gasteiger partial charge is 0.361 e. The van der Waals surface area contributed by atoms with Gasteiger partial charge in [0.25, 0.3) is 0 Å². The number of nitrogens with zero attached hydrogens (tertiary/aromatic N) is 1. The Labute approximate surface area is 152 Å². The molecule has 1 aromatic heterocycles. The monoisotopic (exact) mass is 334 g/mol. The minimum atomic E-state index is 1.10. The number of hydrogen-bond acceptors (Lipinski definition) is 1. The Morgan fingerprint density at radius 3 is 2.38 bits per heavy atom. The van der Waals surface area contributed by atoms with E-state index < -0.39 is 0 Å². The molecule has 0 fully saturated rings. The summed E-state index contributed by atoms with van der Waals surface area (Å²) in [5, 5.41) is 5.96. The van der Waals surface area contributed by atoms with Gasteiger partial charge in [-0.05, 0) is 30.4 Å². The van der Waals surface area contributed by atoms with Crippen molar-refractivity contribution in [1.29, 1.82) is 0 Å². The van der Waals surface area contributed by atoms with Gasteiger partial charge in [-0.2, -0.15) is 0 Å². The second kappa shape index (κ2) is 6.08. The van der Waals surface area contributed by atoms with Gasteiger partial charge in [0.05, 0.1) is 11.0 Å². The molecule has 0 atom stereocenters. The van der Waals surface area contributed by atoms with Crippen LogP contribution in [0.3, 0.4) is 0 Å². The van der Waals surface area contributed by atoms with Gasteiger partial charge in [0.15, 0.2) is 0 Å². The van der Waals surface area contributed by atoms with Crippen LogP contribution < -0.4 is 5.32 Å². The molecule has 2 nitrogen and oxygen atoms in total. The maximum atomic E-state index is 3.42. The van der Waals surface area contributed by atoms with Gasteiger partial charge in [0.2, 0.25) is 0 Å². The van der Waals surface area contributed by atoms with Gasteiger partial charge in [0, 0.05) is 33.9 Å². The molecule has 0 radical (unpaired) electrons. The van der Waals surface area contributed by atoms with E-state index in [1.54, 1.807) is 0 Å². The zero-order chi connectivity index (χ0) is 17.3. The molecule has 1 N–H and O–H groups in total. The molecule has 4 aromatic rings. The highest BCUT2D eigenvalue weighted by molar-refractivity contribution is 6.12. The Morgan fingerprint density at radius 2 is 1.46 bits per heavy atom. The molecule has 0 spiro atoms. The third kappa shape index (κ3) is 2.27. The average molecular weight is 334 g/mol. The Balaban J connectivity index is 1.93. The summed E-state index contributed by atoms with van der Waals surface area (Å²) >= 11 is 0. The van der Waals surface area contributed by atoms with Crippen molar-refractivity contribution < 1.29 is 0 Å². The van der Waals surface area contributed by atoms with E-state index in [0.717, 1.165) is 5.70 Å². The molecule has 26 heavy (non-hydrogen) atoms. The lowest BCUT2D eigenvalue weighted by Crippen LogP contribution is -2.05. The van der Waals surface area contributed by atoms with Gasteiger partial charge in [0.1, 0.15) is 0 Å². The molecule has 1 aliphatic heterocycles. The van der Waals surface area contributed by atoms with Crippen LogP contribution in [0.5, 0.6) is 0 Å². The SMILES string of the molecule is C1=CC=C(c2cccc3c4ccccc4n(-c4ccccc4)c23)NC=C1. The van der Waals surface area contributed by atoms with E-state index in [1.807, 2.05) is 18.4 Å². The number of aromatic nitrogens is 1. The maximum absolute atomic E-state index is 3.42. The molecule has 3 aromatic carbocycles. The highest BCUT2D eigenvalue weighted by Gasteiger charge is 2.16. The molecule has 2 heteroatoms. The van der Waals surface area contributed by atoms with Crippen molar-refractivity contribution in [2.45, 2.75) is 0 Å². The molecule has 0 amide bonds. The fraction of sp³-hybridized carbons (Fsp3) is 0. The summed E-state index contributed by atoms with van der Waals surface area (Å²) in [6.07, 6.45) is 10.2. The molecule has 5 rings (SSSR count). The maximum Gasteiger partial charge on any atom is 0.0634 e. The van der Waals surface area contributed by atoms with E-state index in [2.05, 4.69) is 94.8 Å². The van der Waals surface area contributed by atoms with Crippen LogP contribution in [-0.4, -0.2) is 4.57 Å². The van der Waals surface area contributed by atoms with Crippen LogP contribution in [0.2, 0.25) is 0 Å². The Kier molecular flexibility index (Phi) is 3.46. The normalized spacial score (nSPS) is 13.6. The first-order valence-electron chi connectivity index (χ1n) is 8.81. The first-order valence-corrected chi connectivity index (χ1v) is 8.81. The van der Waals surface area contributed by atoms with Crippen molar-refractivity contribution in [3.63, 3.8) is 0 Å². The quantitative estimate of drug-likeness (QED) is 0.490. The van der Waals surface area contributed by atoms with Crippen LogP contribution in [-0.2, 0) is 0 Å². The fourth-order valence-electron chi connectivity index (χ4n) is 3.71. The molecule has 1 aliphatic rings. The lowest BCUT2D eigenvalue weighted by Gasteiger charge is -2.13. The minimum absolute atomic E-state index is 1.10. The number of fused-ring (bicyclic) bond motifs is 3. The summed E-state index contributed by atoms with van der Waals surface area (Å²) in [6.45, 7) is 0. The lowest BCUT2D eigenvalue weighted by atomic mass is 10.1. The predicted molar refractivity (Wildman–Crippen MR) is 110 cm³/mol. The van der Waals surface area contributed by atoms with Crippen LogP contribution in [0.4, 0.5) is 0 Å². The van der Waals surface area contributed by atoms with Gasteiger partial charge in [-0.15, -0.1) is 0 Å². The van der Waals surface area contributed by atoms with E-state index in [-0.39, 0.29) is 0 Å². The third-order valence-corrected chi connectivity index (χ3v) is 4.82. The Bertz CT molecular complexity index is 1190. The summed E-state index contributed by atoms with van der Waals surface area (Å²) in [4.78, 5) is 0. The van der Waals surface area contributed by atoms with E-state index in [1.165, 1.54) is 33.1 Å². The molecule has 0 saturated heterocycles. The molecule has 0 unspecified atom stereocenters. The van der Waals surface area contributed by atoms with E-state index in [9.17, 15) is 0 Å². The van der Waals surface area contributed by atoms with E-state index in [4.69, 9.17) is 0 Å². The van der Waals surface area contributed by atoms with Crippen LogP contribution in [0.1, 0.15) is 5.56 Å². The second-order valence-corrected chi connectivity index (χ2v) is 6.36. The first-order chi connectivity index (χ1) is 12.9. The molecule has 0 aliphatic carbocycles. The van der Waals surface area contributed by atoms with Crippen molar-refractivity contribution in [2.75, 3.05) is 0 Å². The van der Waals surface area contributed by atoms with Crippen LogP contribution in [0.25, 0.3) is 33.2 Å². The van der Waals surface area contributed by atoms with Gasteiger partial charge >= 0.3 is 0 Å². The lowest BCUT2D eigenvalue weighted by molar-refractivity contribution is 1.16. The number of rotatable bonds is 2. The number of para-hydroxylation sites is 3. The number of benzene rings is 3. The van der Waals surface area contributed by atoms with Gasteiger partial charge in [-0.1, -0.05) is 66.7 Å². The van der Waals surface area contributed by atoms with Crippen molar-refractivity contribution >= 4 is 27.5 Å². The molecular weight excluding hydrogens is 316 g/mol. The second-order valence-electron chi connectivity index (χ2n) is 6.36. The standard InChI is InChI=1S/C24H18N2/c1-3-10-18(11-4-1)26-23-16-7-6-12-19(23)20-13-9-14-21(24(20)26)22-15-5-2-8-17-25-22/h1-17,25H. The van der Waals surface area contributed by atoms with Crippen LogP contribution in [0.15, 0.2) is 103 Å². The molecule has 124 valence electrons. The number of hydrogen-bond donors (Lipinski definition) is 1. The summed E-state index contributed by atoms with van der Waals surface area (Å²) in [7, 11) is 0. The van der Waals surface area contributed by atoms with E-state index >= 15 is 0 Å². The van der Waals surface area contributed by atoms with Gasteiger partial charge < -0.3 is 9.88 Å². The topological polar surface area (TPSA) is 17.0 Å². The van der Waals surface area contributed by atoms with Gasteiger partial charge in [-0.3, -0.25) is 0 Å². The summed E-state index contributed by atoms with van der Waals surface area (Å²) in [6, 6.07) is 25.7. The van der Waals surface area contributed by atoms with Crippen molar-refractivity contribution in [3.05, 3.63) is 109 Å². The van der Waals surface area contributed by atoms with E-state index in [0.29, 0.717) is 0 Å². The van der Waals surface area contributed by atoms with Crippen molar-refractivity contribution in [2.24, 2.45) is 0 Å². The summed E-state index contributed by atoms with van der Waals surface area (Å²) < 4.78 is 2.36. The molecular formula is C24H18N2. The smallest absolute Gasteiger partial charge is 0.0634 e. The Hall–Kier alpha value is -3.52. The fourth-order valence-corrected chi connectivity index (χ4v) is 3.71. The van der Waals surface area contributed by atoms with Crippen LogP contribution >= 0.6 is 0 Å². The molecule has 0 saturated carbocycles. The Morgan fingerprint density at radius 1 is 0.654 bits per heavy atom. The highest BCUT2D eigenvalue weighted by Crippen LogP contribution is 2.35. The molecule has 2 heterocycles. The third-order valence-electron chi connectivity index (χ3n) is 4.82. The molecule has 0 bridgehead atoms. The van der Waals surface area contributed by atoms with Crippen molar-refractivity contribution in [3.8, 4) is 5.69 Å². The zero-order valence-electron chi connectivity index (χ0n) is 14.3. The number of allylic oxidation sites excluding steroid dienone is 4. The summed E-state index contributed by atoms with van der Waals surface area (Å²) in [5.41, 5.74) is 5.91. The number of nitrogens with one attached hydrogen (secondary N) is 1. The van der Waals surface area contributed by atoms with Crippen molar-refractivity contribution in [1.82, 2.24) is 9.88 Å². The predicted octanol–water partition coefficient (Wildman–Crippen LogP) is 5.80. The average Bonchev–Trinajstić information content (AvgIpc) is 2.84. The van der Waals surface area contributed by atoms with Gasteiger partial charge in [-0.25, -0.2) is 0 Å². The minimum Gasteiger partial charge on any atom is -0.361 e. The first kappa shape index (κ1) is 14.8. The van der Waals surface area contributed by atoms with Crippen LogP contribution in [0, 0.1) is 0 Å². The highest BCUT2D eigenvalue weighted by atomic mass is 15.0. The zero-order valence-corrected chi connectivity index (χ0v) is 14.3.